The number of nitrogens with zero attached hydrogens (tertiary/aromatic N) is 2. The Bertz CT molecular complexity index is 1080. The molecule has 0 spiro atoms. The zero-order valence-electron chi connectivity index (χ0n) is 20.9. The van der Waals surface area contributed by atoms with Gasteiger partial charge in [-0.25, -0.2) is 0 Å². The van der Waals surface area contributed by atoms with Gasteiger partial charge in [-0.15, -0.1) is 6.42 Å². The number of terminal acetylenes is 1. The molecular formula is C29H37N3O3. The third kappa shape index (κ3) is 4.08. The molecule has 3 saturated carbocycles. The van der Waals surface area contributed by atoms with Crippen molar-refractivity contribution < 1.29 is 14.7 Å². The summed E-state index contributed by atoms with van der Waals surface area (Å²) in [7, 11) is 0. The van der Waals surface area contributed by atoms with Gasteiger partial charge in [0.05, 0.1) is 18.0 Å². The van der Waals surface area contributed by atoms with Crippen LogP contribution in [0.25, 0.3) is 0 Å². The summed E-state index contributed by atoms with van der Waals surface area (Å²) in [5.41, 5.74) is 2.27. The fourth-order valence-corrected chi connectivity index (χ4v) is 7.81. The van der Waals surface area contributed by atoms with Gasteiger partial charge in [-0.1, -0.05) is 36.6 Å². The minimum Gasteiger partial charge on any atom is -0.385 e. The molecule has 0 radical (unpaired) electrons. The van der Waals surface area contributed by atoms with Crippen LogP contribution < -0.4 is 5.32 Å². The van der Waals surface area contributed by atoms with Gasteiger partial charge in [-0.3, -0.25) is 9.78 Å². The zero-order valence-corrected chi connectivity index (χ0v) is 20.9. The first-order valence-corrected chi connectivity index (χ1v) is 13.1. The molecule has 4 aliphatic carbocycles. The largest absolute Gasteiger partial charge is 0.385 e. The summed E-state index contributed by atoms with van der Waals surface area (Å²) in [4.78, 5) is 21.7. The molecule has 6 unspecified atom stereocenters. The van der Waals surface area contributed by atoms with Gasteiger partial charge in [-0.05, 0) is 92.7 Å². The smallest absolute Gasteiger partial charge is 0.261 e. The van der Waals surface area contributed by atoms with Crippen LogP contribution in [0.5, 0.6) is 0 Å². The van der Waals surface area contributed by atoms with E-state index in [9.17, 15) is 9.90 Å². The number of hydrogen-bond acceptors (Lipinski definition) is 5. The van der Waals surface area contributed by atoms with E-state index in [2.05, 4.69) is 41.3 Å². The lowest BCUT2D eigenvalue weighted by molar-refractivity contribution is -0.125. The molecule has 35 heavy (non-hydrogen) atoms. The van der Waals surface area contributed by atoms with Crippen molar-refractivity contribution in [3.63, 3.8) is 0 Å². The van der Waals surface area contributed by atoms with Crippen molar-refractivity contribution in [3.05, 3.63) is 41.7 Å². The lowest BCUT2D eigenvalue weighted by Crippen LogP contribution is -2.54. The predicted molar refractivity (Wildman–Crippen MR) is 135 cm³/mol. The Labute approximate surface area is 208 Å². The molecule has 3 fully saturated rings. The second-order valence-corrected chi connectivity index (χ2v) is 11.5. The molecule has 0 bridgehead atoms. The number of carbonyl (C=O) groups is 1. The van der Waals surface area contributed by atoms with Gasteiger partial charge in [0.1, 0.15) is 5.60 Å². The number of oxime groups is 1. The van der Waals surface area contributed by atoms with Crippen molar-refractivity contribution in [2.45, 2.75) is 77.4 Å². The summed E-state index contributed by atoms with van der Waals surface area (Å²) in [5, 5.41) is 18.3. The van der Waals surface area contributed by atoms with Crippen LogP contribution in [-0.4, -0.2) is 33.9 Å². The first-order valence-electron chi connectivity index (χ1n) is 13.1. The molecule has 1 amide bonds. The minimum atomic E-state index is -0.951. The minimum absolute atomic E-state index is 0.0974. The third-order valence-electron chi connectivity index (χ3n) is 9.94. The maximum absolute atomic E-state index is 12.1. The molecular weight excluding hydrogens is 438 g/mol. The fraction of sp³-hybridized carbons (Fsp3) is 0.621. The van der Waals surface area contributed by atoms with E-state index in [4.69, 9.17) is 11.3 Å². The molecule has 1 aromatic rings. The number of allylic oxidation sites excluding steroid dienone is 2. The number of hydrogen-bond donors (Lipinski definition) is 2. The predicted octanol–water partition coefficient (Wildman–Crippen LogP) is 4.40. The Balaban J connectivity index is 1.21. The number of pyridine rings is 1. The van der Waals surface area contributed by atoms with Crippen molar-refractivity contribution >= 4 is 11.6 Å². The van der Waals surface area contributed by atoms with Crippen LogP contribution in [0, 0.1) is 40.9 Å². The molecule has 6 atom stereocenters. The Morgan fingerprint density at radius 1 is 1.23 bits per heavy atom. The first kappa shape index (κ1) is 24.1. The highest BCUT2D eigenvalue weighted by atomic mass is 16.6. The summed E-state index contributed by atoms with van der Waals surface area (Å²) >= 11 is 0. The van der Waals surface area contributed by atoms with Crippen LogP contribution in [0.15, 0.2) is 41.2 Å². The van der Waals surface area contributed by atoms with Crippen molar-refractivity contribution in [1.29, 1.82) is 0 Å². The molecule has 2 N–H and O–H groups in total. The van der Waals surface area contributed by atoms with Gasteiger partial charge in [-0.2, -0.15) is 0 Å². The highest BCUT2D eigenvalue weighted by Crippen LogP contribution is 2.67. The van der Waals surface area contributed by atoms with Gasteiger partial charge in [0.25, 0.3) is 5.91 Å². The molecule has 1 heterocycles. The monoisotopic (exact) mass is 475 g/mol. The van der Waals surface area contributed by atoms with Gasteiger partial charge in [0.2, 0.25) is 0 Å². The highest BCUT2D eigenvalue weighted by molar-refractivity contribution is 5.96. The van der Waals surface area contributed by atoms with Crippen LogP contribution in [0.3, 0.4) is 0 Å². The number of nitrogens with one attached hydrogen (secondary N) is 1. The highest BCUT2D eigenvalue weighted by Gasteiger charge is 2.63. The fourth-order valence-electron chi connectivity index (χ4n) is 7.81. The molecule has 0 saturated heterocycles. The Hall–Kier alpha value is -2.65. The number of aromatic nitrogens is 1. The summed E-state index contributed by atoms with van der Waals surface area (Å²) in [6.07, 6.45) is 17.8. The van der Waals surface area contributed by atoms with E-state index in [1.807, 2.05) is 18.2 Å². The van der Waals surface area contributed by atoms with Gasteiger partial charge in [0.15, 0.2) is 6.61 Å². The van der Waals surface area contributed by atoms with Crippen LogP contribution in [0.4, 0.5) is 0 Å². The number of amides is 1. The van der Waals surface area contributed by atoms with Crippen LogP contribution in [0.1, 0.15) is 70.9 Å². The van der Waals surface area contributed by atoms with E-state index in [1.54, 1.807) is 6.20 Å². The molecule has 186 valence electrons. The Morgan fingerprint density at radius 2 is 2.06 bits per heavy atom. The molecule has 6 heteroatoms. The maximum atomic E-state index is 12.1. The van der Waals surface area contributed by atoms with E-state index in [0.29, 0.717) is 24.3 Å². The van der Waals surface area contributed by atoms with E-state index in [-0.39, 0.29) is 23.3 Å². The van der Waals surface area contributed by atoms with Crippen LogP contribution in [0.2, 0.25) is 0 Å². The number of rotatable bonds is 5. The molecule has 5 rings (SSSR count). The summed E-state index contributed by atoms with van der Waals surface area (Å²) in [5.74, 6) is 4.32. The standard InChI is InChI=1S/C29H37N3O3/c1-4-29(34)15-12-25-23-9-8-20-17-21(10-13-27(20,2)24(23)11-14-28(25,29)3)32-35-19-26(33)31-18-22-7-5-6-16-30-22/h1,5-7,16-17,23-25,34H,8-15,18-19H2,2-3H3,(H,31,33). The SMILES string of the molecule is C#CC1(O)CCC2C3CCC4=CC(=NOCC(=O)NCc5ccccn5)CCC4(C)C3CCC21C. The average molecular weight is 476 g/mol. The number of fused-ring (bicyclic) bond motifs is 5. The third-order valence-corrected chi connectivity index (χ3v) is 9.94. The summed E-state index contributed by atoms with van der Waals surface area (Å²) < 4.78 is 0. The normalized spacial score (nSPS) is 39.0. The first-order chi connectivity index (χ1) is 16.8. The van der Waals surface area contributed by atoms with Gasteiger partial charge < -0.3 is 15.3 Å². The topological polar surface area (TPSA) is 83.8 Å². The molecule has 0 aliphatic heterocycles. The molecule has 4 aliphatic rings. The summed E-state index contributed by atoms with van der Waals surface area (Å²) in [6.45, 7) is 4.95. The van der Waals surface area contributed by atoms with Gasteiger partial charge in [0, 0.05) is 11.6 Å². The Morgan fingerprint density at radius 3 is 2.83 bits per heavy atom. The van der Waals surface area contributed by atoms with E-state index in [1.165, 1.54) is 5.57 Å². The zero-order chi connectivity index (χ0) is 24.7. The van der Waals surface area contributed by atoms with Crippen LogP contribution >= 0.6 is 0 Å². The number of carbonyl (C=O) groups excluding carboxylic acids is 1. The second kappa shape index (κ2) is 9.09. The van der Waals surface area contributed by atoms with Crippen LogP contribution in [-0.2, 0) is 16.2 Å². The average Bonchev–Trinajstić information content (AvgIpc) is 3.14. The Kier molecular flexibility index (Phi) is 6.25. The molecule has 1 aromatic heterocycles. The molecule has 0 aromatic carbocycles. The van der Waals surface area contributed by atoms with E-state index >= 15 is 0 Å². The quantitative estimate of drug-likeness (QED) is 0.488. The van der Waals surface area contributed by atoms with Gasteiger partial charge >= 0.3 is 0 Å². The number of aliphatic hydroxyl groups is 1. The van der Waals surface area contributed by atoms with Crippen molar-refractivity contribution in [2.24, 2.45) is 33.7 Å². The van der Waals surface area contributed by atoms with Crippen molar-refractivity contribution in [2.75, 3.05) is 6.61 Å². The van der Waals surface area contributed by atoms with Crippen molar-refractivity contribution in [3.8, 4) is 12.3 Å². The van der Waals surface area contributed by atoms with E-state index < -0.39 is 5.60 Å². The second-order valence-electron chi connectivity index (χ2n) is 11.5. The van der Waals surface area contributed by atoms with Crippen molar-refractivity contribution in [1.82, 2.24) is 10.3 Å². The lowest BCUT2D eigenvalue weighted by Gasteiger charge is -2.58. The molecule has 6 nitrogen and oxygen atoms in total. The maximum Gasteiger partial charge on any atom is 0.261 e. The lowest BCUT2D eigenvalue weighted by atomic mass is 9.46. The van der Waals surface area contributed by atoms with E-state index in [0.717, 1.165) is 62.8 Å². The summed E-state index contributed by atoms with van der Waals surface area (Å²) in [6, 6.07) is 5.61.